The van der Waals surface area contributed by atoms with Crippen LogP contribution in [0.2, 0.25) is 0 Å². The van der Waals surface area contributed by atoms with Gasteiger partial charge >= 0.3 is 0 Å². The number of benzene rings is 2. The summed E-state index contributed by atoms with van der Waals surface area (Å²) in [6.45, 7) is 1.20. The fourth-order valence-corrected chi connectivity index (χ4v) is 3.16. The highest BCUT2D eigenvalue weighted by molar-refractivity contribution is 6.01. The molecule has 2 N–H and O–H groups in total. The van der Waals surface area contributed by atoms with Gasteiger partial charge in [0.1, 0.15) is 0 Å². The smallest absolute Gasteiger partial charge is 0.252 e. The molecular formula is C26H25N3O3. The molecule has 32 heavy (non-hydrogen) atoms. The van der Waals surface area contributed by atoms with Crippen LogP contribution < -0.4 is 10.6 Å². The fraction of sp³-hybridized carbons (Fsp3) is 0.154. The molecular weight excluding hydrogens is 402 g/mol. The average molecular weight is 428 g/mol. The Kier molecular flexibility index (Phi) is 8.03. The van der Waals surface area contributed by atoms with E-state index in [9.17, 15) is 14.4 Å². The van der Waals surface area contributed by atoms with Gasteiger partial charge in [-0.1, -0.05) is 60.7 Å². The second-order valence-corrected chi connectivity index (χ2v) is 7.27. The van der Waals surface area contributed by atoms with Crippen molar-refractivity contribution in [2.75, 3.05) is 6.54 Å². The Labute approximate surface area is 187 Å². The van der Waals surface area contributed by atoms with Crippen LogP contribution in [0.4, 0.5) is 0 Å². The summed E-state index contributed by atoms with van der Waals surface area (Å²) in [5.74, 6) is -0.921. The van der Waals surface area contributed by atoms with Crippen molar-refractivity contribution >= 4 is 29.7 Å². The first kappa shape index (κ1) is 22.6. The molecule has 1 atom stereocenters. The van der Waals surface area contributed by atoms with Gasteiger partial charge < -0.3 is 10.6 Å². The summed E-state index contributed by atoms with van der Waals surface area (Å²) in [4.78, 5) is 41.4. The lowest BCUT2D eigenvalue weighted by Gasteiger charge is -2.19. The third kappa shape index (κ3) is 6.74. The van der Waals surface area contributed by atoms with E-state index in [2.05, 4.69) is 15.6 Å². The summed E-state index contributed by atoms with van der Waals surface area (Å²) in [6, 6.07) is 21.4. The fourth-order valence-electron chi connectivity index (χ4n) is 3.16. The maximum Gasteiger partial charge on any atom is 0.252 e. The second-order valence-electron chi connectivity index (χ2n) is 7.27. The van der Waals surface area contributed by atoms with E-state index in [0.717, 1.165) is 11.3 Å². The number of rotatable bonds is 9. The SMILES string of the molecule is CC(=O)NCC(=O)[C@H](Cc1ccccc1)NC(=O)c1ccccc1C=Cc1ccccn1. The van der Waals surface area contributed by atoms with Gasteiger partial charge in [0.2, 0.25) is 5.91 Å². The molecule has 0 unspecified atom stereocenters. The van der Waals surface area contributed by atoms with E-state index in [1.807, 2.05) is 72.8 Å². The molecule has 6 heteroatoms. The molecule has 0 bridgehead atoms. The van der Waals surface area contributed by atoms with E-state index in [1.54, 1.807) is 18.3 Å². The first-order valence-electron chi connectivity index (χ1n) is 10.3. The topological polar surface area (TPSA) is 88.2 Å². The van der Waals surface area contributed by atoms with Crippen molar-refractivity contribution in [1.82, 2.24) is 15.6 Å². The van der Waals surface area contributed by atoms with Crippen molar-refractivity contribution in [3.63, 3.8) is 0 Å². The number of nitrogens with one attached hydrogen (secondary N) is 2. The van der Waals surface area contributed by atoms with Crippen LogP contribution in [0.3, 0.4) is 0 Å². The van der Waals surface area contributed by atoms with Crippen LogP contribution in [0.15, 0.2) is 79.0 Å². The molecule has 2 aromatic carbocycles. The first-order valence-corrected chi connectivity index (χ1v) is 10.3. The molecule has 0 radical (unpaired) electrons. The summed E-state index contributed by atoms with van der Waals surface area (Å²) in [5.41, 5.74) is 2.85. The number of hydrogen-bond acceptors (Lipinski definition) is 4. The molecule has 2 amide bonds. The molecule has 0 aliphatic carbocycles. The first-order chi connectivity index (χ1) is 15.5. The quantitative estimate of drug-likeness (QED) is 0.549. The molecule has 3 rings (SSSR count). The van der Waals surface area contributed by atoms with Gasteiger partial charge in [0.25, 0.3) is 5.91 Å². The largest absolute Gasteiger partial charge is 0.349 e. The predicted molar refractivity (Wildman–Crippen MR) is 125 cm³/mol. The highest BCUT2D eigenvalue weighted by atomic mass is 16.2. The number of pyridine rings is 1. The minimum Gasteiger partial charge on any atom is -0.349 e. The van der Waals surface area contributed by atoms with Crippen LogP contribution in [0.25, 0.3) is 12.2 Å². The number of ketones is 1. The number of aromatic nitrogens is 1. The zero-order chi connectivity index (χ0) is 22.8. The molecule has 0 aliphatic heterocycles. The standard InChI is InChI=1S/C26H25N3O3/c1-19(30)28-18-25(31)24(17-20-9-3-2-4-10-20)29-26(32)23-13-6-5-11-21(23)14-15-22-12-7-8-16-27-22/h2-16,24H,17-18H2,1H3,(H,28,30)(H,29,32)/t24-/m0/s1. The molecule has 1 heterocycles. The molecule has 0 saturated carbocycles. The van der Waals surface area contributed by atoms with E-state index in [1.165, 1.54) is 6.92 Å². The monoisotopic (exact) mass is 427 g/mol. The maximum atomic E-state index is 13.1. The molecule has 1 aromatic heterocycles. The average Bonchev–Trinajstić information content (AvgIpc) is 2.82. The van der Waals surface area contributed by atoms with Crippen LogP contribution >= 0.6 is 0 Å². The van der Waals surface area contributed by atoms with E-state index >= 15 is 0 Å². The van der Waals surface area contributed by atoms with Crippen LogP contribution in [-0.4, -0.2) is 35.2 Å². The Morgan fingerprint density at radius 1 is 0.906 bits per heavy atom. The van der Waals surface area contributed by atoms with Crippen molar-refractivity contribution in [2.24, 2.45) is 0 Å². The zero-order valence-electron chi connectivity index (χ0n) is 17.8. The molecule has 6 nitrogen and oxygen atoms in total. The Bertz CT molecular complexity index is 1100. The van der Waals surface area contributed by atoms with Crippen molar-refractivity contribution in [3.05, 3.63) is 101 Å². The minimum absolute atomic E-state index is 0.145. The van der Waals surface area contributed by atoms with Gasteiger partial charge in [-0.3, -0.25) is 19.4 Å². The molecule has 3 aromatic rings. The van der Waals surface area contributed by atoms with Gasteiger partial charge in [-0.15, -0.1) is 0 Å². The normalized spacial score (nSPS) is 11.7. The highest BCUT2D eigenvalue weighted by Gasteiger charge is 2.22. The third-order valence-electron chi connectivity index (χ3n) is 4.82. The number of Topliss-reactive ketones (excluding diaryl/α,β-unsaturated/α-hetero) is 1. The van der Waals surface area contributed by atoms with Crippen molar-refractivity contribution < 1.29 is 14.4 Å². The zero-order valence-corrected chi connectivity index (χ0v) is 17.8. The highest BCUT2D eigenvalue weighted by Crippen LogP contribution is 2.14. The molecule has 0 fully saturated rings. The van der Waals surface area contributed by atoms with E-state index in [-0.39, 0.29) is 24.1 Å². The van der Waals surface area contributed by atoms with Gasteiger partial charge in [-0.05, 0) is 41.8 Å². The molecule has 162 valence electrons. The van der Waals surface area contributed by atoms with Gasteiger partial charge in [-0.2, -0.15) is 0 Å². The lowest BCUT2D eigenvalue weighted by Crippen LogP contribution is -2.46. The third-order valence-corrected chi connectivity index (χ3v) is 4.82. The van der Waals surface area contributed by atoms with Gasteiger partial charge in [0, 0.05) is 18.7 Å². The summed E-state index contributed by atoms with van der Waals surface area (Å²) >= 11 is 0. The van der Waals surface area contributed by atoms with E-state index in [0.29, 0.717) is 17.5 Å². The molecule has 0 aliphatic rings. The number of nitrogens with zero attached hydrogens (tertiary/aromatic N) is 1. The number of carbonyl (C=O) groups excluding carboxylic acids is 3. The van der Waals surface area contributed by atoms with Crippen LogP contribution in [0.1, 0.15) is 34.1 Å². The van der Waals surface area contributed by atoms with Crippen LogP contribution in [0, 0.1) is 0 Å². The van der Waals surface area contributed by atoms with Crippen LogP contribution in [0.5, 0.6) is 0 Å². The number of hydrogen-bond donors (Lipinski definition) is 2. The number of amides is 2. The molecule has 0 saturated heterocycles. The lowest BCUT2D eigenvalue weighted by molar-refractivity contribution is -0.124. The Morgan fingerprint density at radius 3 is 2.34 bits per heavy atom. The van der Waals surface area contributed by atoms with Gasteiger partial charge in [0.05, 0.1) is 18.3 Å². The number of carbonyl (C=O) groups is 3. The van der Waals surface area contributed by atoms with Crippen LogP contribution in [-0.2, 0) is 16.0 Å². The second kappa shape index (κ2) is 11.4. The van der Waals surface area contributed by atoms with Gasteiger partial charge in [0.15, 0.2) is 5.78 Å². The summed E-state index contributed by atoms with van der Waals surface area (Å²) in [7, 11) is 0. The molecule has 0 spiro atoms. The van der Waals surface area contributed by atoms with E-state index in [4.69, 9.17) is 0 Å². The Morgan fingerprint density at radius 2 is 1.62 bits per heavy atom. The summed E-state index contributed by atoms with van der Waals surface area (Å²) in [5, 5.41) is 5.37. The summed E-state index contributed by atoms with van der Waals surface area (Å²) in [6.07, 6.45) is 5.68. The predicted octanol–water partition coefficient (Wildman–Crippen LogP) is 3.30. The van der Waals surface area contributed by atoms with Crippen molar-refractivity contribution in [3.8, 4) is 0 Å². The van der Waals surface area contributed by atoms with Crippen molar-refractivity contribution in [1.29, 1.82) is 0 Å². The Balaban J connectivity index is 1.80. The summed E-state index contributed by atoms with van der Waals surface area (Å²) < 4.78 is 0. The van der Waals surface area contributed by atoms with E-state index < -0.39 is 6.04 Å². The van der Waals surface area contributed by atoms with Gasteiger partial charge in [-0.25, -0.2) is 0 Å². The van der Waals surface area contributed by atoms with Crippen molar-refractivity contribution in [2.45, 2.75) is 19.4 Å². The maximum absolute atomic E-state index is 13.1. The minimum atomic E-state index is -0.774. The lowest BCUT2D eigenvalue weighted by atomic mass is 10.0. The Hall–Kier alpha value is -4.06.